The van der Waals surface area contributed by atoms with E-state index in [1.165, 1.54) is 12.8 Å². The van der Waals surface area contributed by atoms with Gasteiger partial charge in [0.1, 0.15) is 0 Å². The average Bonchev–Trinajstić information content (AvgIpc) is 3.18. The van der Waals surface area contributed by atoms with Crippen LogP contribution in [0.25, 0.3) is 11.4 Å². The molecule has 1 heterocycles. The molecule has 0 unspecified atom stereocenters. The zero-order chi connectivity index (χ0) is 14.7. The molecule has 1 aromatic heterocycles. The normalized spacial score (nSPS) is 15.0. The first-order chi connectivity index (χ1) is 10.2. The molecular formula is C14H16ClN5O. The summed E-state index contributed by atoms with van der Waals surface area (Å²) < 4.78 is 5.22. The molecule has 0 spiro atoms. The number of rotatable bonds is 4. The van der Waals surface area contributed by atoms with Gasteiger partial charge in [-0.05, 0) is 25.0 Å². The zero-order valence-electron chi connectivity index (χ0n) is 11.6. The van der Waals surface area contributed by atoms with E-state index in [1.54, 1.807) is 19.2 Å². The molecule has 1 aliphatic rings. The number of nitrogens with zero attached hydrogens (tertiary/aromatic N) is 3. The van der Waals surface area contributed by atoms with Crippen LogP contribution in [-0.4, -0.2) is 29.2 Å². The molecule has 3 rings (SSSR count). The third-order valence-electron chi connectivity index (χ3n) is 3.10. The van der Waals surface area contributed by atoms with Gasteiger partial charge in [0.05, 0.1) is 6.54 Å². The molecular weight excluding hydrogens is 290 g/mol. The lowest BCUT2D eigenvalue weighted by molar-refractivity contribution is 0.375. The molecule has 6 nitrogen and oxygen atoms in total. The Morgan fingerprint density at radius 2 is 2.33 bits per heavy atom. The first-order valence-corrected chi connectivity index (χ1v) is 7.18. The van der Waals surface area contributed by atoms with E-state index in [9.17, 15) is 0 Å². The average molecular weight is 306 g/mol. The fourth-order valence-corrected chi connectivity index (χ4v) is 2.04. The van der Waals surface area contributed by atoms with Gasteiger partial charge in [0.25, 0.3) is 0 Å². The summed E-state index contributed by atoms with van der Waals surface area (Å²) in [6.45, 7) is 0.431. The van der Waals surface area contributed by atoms with Crippen molar-refractivity contribution in [1.29, 1.82) is 0 Å². The lowest BCUT2D eigenvalue weighted by atomic mass is 10.2. The van der Waals surface area contributed by atoms with Crippen molar-refractivity contribution >= 4 is 17.6 Å². The molecule has 2 aromatic rings. The molecule has 1 aliphatic carbocycles. The molecule has 0 aliphatic heterocycles. The predicted octanol–water partition coefficient (Wildman–Crippen LogP) is 2.22. The molecule has 0 bridgehead atoms. The van der Waals surface area contributed by atoms with Gasteiger partial charge in [-0.15, -0.1) is 0 Å². The molecule has 1 fully saturated rings. The van der Waals surface area contributed by atoms with E-state index in [-0.39, 0.29) is 0 Å². The molecule has 1 aromatic carbocycles. The highest BCUT2D eigenvalue weighted by molar-refractivity contribution is 6.30. The molecule has 7 heteroatoms. The van der Waals surface area contributed by atoms with Gasteiger partial charge >= 0.3 is 0 Å². The van der Waals surface area contributed by atoms with E-state index < -0.39 is 0 Å². The number of halogens is 1. The topological polar surface area (TPSA) is 75.3 Å². The lowest BCUT2D eigenvalue weighted by Gasteiger charge is -2.08. The Balaban J connectivity index is 1.62. The molecule has 2 N–H and O–H groups in total. The minimum Gasteiger partial charge on any atom is -0.354 e. The first-order valence-electron chi connectivity index (χ1n) is 6.80. The van der Waals surface area contributed by atoms with Crippen molar-refractivity contribution in [2.24, 2.45) is 4.99 Å². The van der Waals surface area contributed by atoms with Crippen LogP contribution in [0.15, 0.2) is 33.8 Å². The van der Waals surface area contributed by atoms with E-state index in [0.717, 1.165) is 11.5 Å². The van der Waals surface area contributed by atoms with Crippen LogP contribution in [0.2, 0.25) is 5.02 Å². The summed E-state index contributed by atoms with van der Waals surface area (Å²) in [6, 6.07) is 7.90. The highest BCUT2D eigenvalue weighted by atomic mass is 35.5. The minimum absolute atomic E-state index is 0.431. The van der Waals surface area contributed by atoms with Gasteiger partial charge in [-0.2, -0.15) is 4.98 Å². The van der Waals surface area contributed by atoms with Crippen molar-refractivity contribution in [2.45, 2.75) is 25.4 Å². The van der Waals surface area contributed by atoms with E-state index in [2.05, 4.69) is 25.8 Å². The van der Waals surface area contributed by atoms with E-state index in [1.807, 2.05) is 12.1 Å². The summed E-state index contributed by atoms with van der Waals surface area (Å²) >= 11 is 5.95. The van der Waals surface area contributed by atoms with Gasteiger partial charge in [-0.3, -0.25) is 4.99 Å². The molecule has 0 saturated heterocycles. The summed E-state index contributed by atoms with van der Waals surface area (Å²) in [7, 11) is 1.74. The van der Waals surface area contributed by atoms with Gasteiger partial charge in [-0.25, -0.2) is 0 Å². The Labute approximate surface area is 127 Å². The second-order valence-electron chi connectivity index (χ2n) is 4.87. The predicted molar refractivity (Wildman–Crippen MR) is 81.1 cm³/mol. The standard InChI is InChI=1S/C14H16ClN5O/c1-16-14(18-11-5-6-11)17-8-12-19-13(20-21-12)9-3-2-4-10(15)7-9/h2-4,7,11H,5-6,8H2,1H3,(H2,16,17,18). The van der Waals surface area contributed by atoms with Gasteiger partial charge < -0.3 is 15.2 Å². The molecule has 0 radical (unpaired) electrons. The fraction of sp³-hybridized carbons (Fsp3) is 0.357. The largest absolute Gasteiger partial charge is 0.354 e. The van der Waals surface area contributed by atoms with Crippen molar-refractivity contribution in [2.75, 3.05) is 7.05 Å². The second-order valence-corrected chi connectivity index (χ2v) is 5.30. The van der Waals surface area contributed by atoms with Crippen LogP contribution in [0.4, 0.5) is 0 Å². The SMILES string of the molecule is CN=C(NCc1nc(-c2cccc(Cl)c2)no1)NC1CC1. The summed E-state index contributed by atoms with van der Waals surface area (Å²) in [4.78, 5) is 8.49. The van der Waals surface area contributed by atoms with E-state index >= 15 is 0 Å². The van der Waals surface area contributed by atoms with Crippen LogP contribution in [0, 0.1) is 0 Å². The number of nitrogens with one attached hydrogen (secondary N) is 2. The van der Waals surface area contributed by atoms with Crippen LogP contribution < -0.4 is 10.6 Å². The molecule has 21 heavy (non-hydrogen) atoms. The Bertz CT molecular complexity index is 650. The van der Waals surface area contributed by atoms with Crippen molar-refractivity contribution in [3.05, 3.63) is 35.2 Å². The Morgan fingerprint density at radius 1 is 1.48 bits per heavy atom. The van der Waals surface area contributed by atoms with Crippen LogP contribution in [0.5, 0.6) is 0 Å². The third kappa shape index (κ3) is 3.72. The number of benzene rings is 1. The first kappa shape index (κ1) is 13.9. The number of guanidine groups is 1. The van der Waals surface area contributed by atoms with E-state index in [4.69, 9.17) is 16.1 Å². The van der Waals surface area contributed by atoms with Crippen LogP contribution in [0.1, 0.15) is 18.7 Å². The summed E-state index contributed by atoms with van der Waals surface area (Å²) in [6.07, 6.45) is 2.39. The number of aromatic nitrogens is 2. The zero-order valence-corrected chi connectivity index (χ0v) is 12.4. The number of hydrogen-bond donors (Lipinski definition) is 2. The minimum atomic E-state index is 0.431. The molecule has 1 saturated carbocycles. The second kappa shape index (κ2) is 6.13. The smallest absolute Gasteiger partial charge is 0.246 e. The van der Waals surface area contributed by atoms with Crippen molar-refractivity contribution in [1.82, 2.24) is 20.8 Å². The number of aliphatic imine (C=N–C) groups is 1. The quantitative estimate of drug-likeness (QED) is 0.669. The third-order valence-corrected chi connectivity index (χ3v) is 3.33. The lowest BCUT2D eigenvalue weighted by Crippen LogP contribution is -2.38. The molecule has 0 atom stereocenters. The Hall–Kier alpha value is -2.08. The molecule has 0 amide bonds. The van der Waals surface area contributed by atoms with Crippen LogP contribution in [0.3, 0.4) is 0 Å². The Kier molecular flexibility index (Phi) is 4.06. The number of hydrogen-bond acceptors (Lipinski definition) is 4. The summed E-state index contributed by atoms with van der Waals surface area (Å²) in [5.74, 6) is 1.78. The van der Waals surface area contributed by atoms with Crippen molar-refractivity contribution < 1.29 is 4.52 Å². The molecule has 110 valence electrons. The maximum Gasteiger partial charge on any atom is 0.246 e. The monoisotopic (exact) mass is 305 g/mol. The highest BCUT2D eigenvalue weighted by Gasteiger charge is 2.22. The van der Waals surface area contributed by atoms with Gasteiger partial charge in [0, 0.05) is 23.7 Å². The summed E-state index contributed by atoms with van der Waals surface area (Å²) in [5.41, 5.74) is 0.831. The van der Waals surface area contributed by atoms with Gasteiger partial charge in [0.15, 0.2) is 5.96 Å². The highest BCUT2D eigenvalue weighted by Crippen LogP contribution is 2.20. The Morgan fingerprint density at radius 3 is 3.05 bits per heavy atom. The van der Waals surface area contributed by atoms with Crippen molar-refractivity contribution in [3.63, 3.8) is 0 Å². The van der Waals surface area contributed by atoms with E-state index in [0.29, 0.717) is 29.3 Å². The maximum absolute atomic E-state index is 5.95. The van der Waals surface area contributed by atoms with Crippen molar-refractivity contribution in [3.8, 4) is 11.4 Å². The van der Waals surface area contributed by atoms with Crippen LogP contribution in [-0.2, 0) is 6.54 Å². The van der Waals surface area contributed by atoms with Crippen LogP contribution >= 0.6 is 11.6 Å². The van der Waals surface area contributed by atoms with Gasteiger partial charge in [0.2, 0.25) is 11.7 Å². The maximum atomic E-state index is 5.95. The summed E-state index contributed by atoms with van der Waals surface area (Å²) in [5, 5.41) is 11.0. The van der Waals surface area contributed by atoms with Gasteiger partial charge in [-0.1, -0.05) is 28.9 Å². The fourth-order valence-electron chi connectivity index (χ4n) is 1.85.